The number of carbonyl (C=O) groups is 3. The summed E-state index contributed by atoms with van der Waals surface area (Å²) in [5.41, 5.74) is 3.21. The van der Waals surface area contributed by atoms with E-state index in [0.29, 0.717) is 22.2 Å². The SMILES string of the molecule is COc1ccc(COC(=O)C2=C(/C=C\CCl)CS[C@@H]3[C@H](NC(=O)/C(=N/OCCF)c4csc(NC(c5ccccc5)(c5ccccc5)c5ccccc5)n4)C(=O)N23)cc1. The van der Waals surface area contributed by atoms with Crippen molar-refractivity contribution in [3.05, 3.63) is 172 Å². The van der Waals surface area contributed by atoms with Crippen LogP contribution in [-0.4, -0.2) is 76.8 Å². The number of esters is 1. The highest BCUT2D eigenvalue weighted by Gasteiger charge is 2.54. The number of methoxy groups -OCH3 is 1. The number of thiazole rings is 1. The van der Waals surface area contributed by atoms with Gasteiger partial charge in [0.25, 0.3) is 11.8 Å². The first kappa shape index (κ1) is 41.2. The molecule has 0 saturated carbocycles. The summed E-state index contributed by atoms with van der Waals surface area (Å²) in [5, 5.41) is 11.9. The van der Waals surface area contributed by atoms with Gasteiger partial charge in [-0.1, -0.05) is 120 Å². The van der Waals surface area contributed by atoms with Crippen molar-refractivity contribution in [3.8, 4) is 5.75 Å². The summed E-state index contributed by atoms with van der Waals surface area (Å²) in [6.07, 6.45) is 3.38. The second-order valence-electron chi connectivity index (χ2n) is 13.2. The Hall–Kier alpha value is -5.96. The maximum absolute atomic E-state index is 14.1. The molecular weight excluding hydrogens is 813 g/mol. The number of benzene rings is 4. The van der Waals surface area contributed by atoms with Crippen LogP contribution in [0.15, 0.2) is 149 Å². The van der Waals surface area contributed by atoms with Crippen LogP contribution >= 0.6 is 34.7 Å². The first-order valence-electron chi connectivity index (χ1n) is 18.6. The van der Waals surface area contributed by atoms with Gasteiger partial charge in [0.05, 0.1) is 7.11 Å². The maximum Gasteiger partial charge on any atom is 0.355 e. The van der Waals surface area contributed by atoms with Gasteiger partial charge in [-0.25, -0.2) is 14.2 Å². The highest BCUT2D eigenvalue weighted by Crippen LogP contribution is 2.42. The van der Waals surface area contributed by atoms with Crippen molar-refractivity contribution < 1.29 is 33.1 Å². The maximum atomic E-state index is 14.1. The minimum absolute atomic E-state index is 0.0365. The number of nitrogens with zero attached hydrogens (tertiary/aromatic N) is 3. The number of amides is 2. The number of hydrogen-bond acceptors (Lipinski definition) is 11. The van der Waals surface area contributed by atoms with Crippen molar-refractivity contribution in [2.24, 2.45) is 5.16 Å². The number of carbonyl (C=O) groups excluding carboxylic acids is 3. The Balaban J connectivity index is 1.14. The molecule has 2 aliphatic rings. The van der Waals surface area contributed by atoms with Crippen molar-refractivity contribution >= 4 is 63.3 Å². The lowest BCUT2D eigenvalue weighted by atomic mass is 9.77. The Morgan fingerprint density at radius 1 is 0.966 bits per heavy atom. The van der Waals surface area contributed by atoms with E-state index in [9.17, 15) is 18.8 Å². The molecular formula is C44H39ClFN5O6S2. The molecule has 2 aliphatic heterocycles. The summed E-state index contributed by atoms with van der Waals surface area (Å²) in [5.74, 6) is -0.778. The van der Waals surface area contributed by atoms with E-state index in [0.717, 1.165) is 22.3 Å². The number of ether oxygens (including phenoxy) is 2. The Kier molecular flexibility index (Phi) is 13.4. The zero-order valence-electron chi connectivity index (χ0n) is 31.8. The van der Waals surface area contributed by atoms with Crippen LogP contribution in [0.25, 0.3) is 0 Å². The molecule has 1 saturated heterocycles. The van der Waals surface area contributed by atoms with Crippen molar-refractivity contribution in [3.63, 3.8) is 0 Å². The molecule has 1 fully saturated rings. The fourth-order valence-corrected chi connectivity index (χ4v) is 8.98. The van der Waals surface area contributed by atoms with Gasteiger partial charge in [-0.15, -0.1) is 34.7 Å². The van der Waals surface area contributed by atoms with Crippen LogP contribution in [-0.2, 0) is 36.1 Å². The van der Waals surface area contributed by atoms with Crippen molar-refractivity contribution in [1.29, 1.82) is 0 Å². The molecule has 11 nitrogen and oxygen atoms in total. The Morgan fingerprint density at radius 2 is 1.59 bits per heavy atom. The van der Waals surface area contributed by atoms with Crippen molar-refractivity contribution in [2.75, 3.05) is 37.3 Å². The third-order valence-corrected chi connectivity index (χ3v) is 11.9. The number of rotatable bonds is 17. The fraction of sp³-hybridized carbons (Fsp3) is 0.205. The van der Waals surface area contributed by atoms with E-state index in [-0.39, 0.29) is 29.6 Å². The quantitative estimate of drug-likeness (QED) is 0.0187. The van der Waals surface area contributed by atoms with Crippen molar-refractivity contribution in [1.82, 2.24) is 15.2 Å². The molecule has 15 heteroatoms. The third-order valence-electron chi connectivity index (χ3n) is 9.62. The van der Waals surface area contributed by atoms with Gasteiger partial charge in [0.15, 0.2) is 10.8 Å². The van der Waals surface area contributed by atoms with Gasteiger partial charge in [0.1, 0.15) is 54.0 Å². The zero-order valence-corrected chi connectivity index (χ0v) is 34.1. The molecule has 0 radical (unpaired) electrons. The third kappa shape index (κ3) is 8.89. The van der Waals surface area contributed by atoms with E-state index in [1.807, 2.05) is 91.0 Å². The number of β-lactam (4-membered cyclic amide) rings is 1. The smallest absolute Gasteiger partial charge is 0.355 e. The van der Waals surface area contributed by atoms with Crippen LogP contribution in [0.1, 0.15) is 27.9 Å². The summed E-state index contributed by atoms with van der Waals surface area (Å²) in [7, 11) is 1.56. The van der Waals surface area contributed by atoms with Gasteiger partial charge in [-0.3, -0.25) is 14.5 Å². The Morgan fingerprint density at radius 3 is 2.17 bits per heavy atom. The normalized spacial score (nSPS) is 16.6. The molecule has 0 unspecified atom stereocenters. The lowest BCUT2D eigenvalue weighted by molar-refractivity contribution is -0.153. The summed E-state index contributed by atoms with van der Waals surface area (Å²) in [4.78, 5) is 52.8. The largest absolute Gasteiger partial charge is 0.497 e. The lowest BCUT2D eigenvalue weighted by Gasteiger charge is -2.49. The van der Waals surface area contributed by atoms with Crippen LogP contribution in [0.2, 0.25) is 0 Å². The second-order valence-corrected chi connectivity index (χ2v) is 15.5. The molecule has 2 atom stereocenters. The average Bonchev–Trinajstić information content (AvgIpc) is 3.75. The first-order chi connectivity index (χ1) is 28.9. The van der Waals surface area contributed by atoms with Crippen LogP contribution in [0, 0.1) is 0 Å². The molecule has 7 rings (SSSR count). The lowest BCUT2D eigenvalue weighted by Crippen LogP contribution is -2.71. The second kappa shape index (κ2) is 19.2. The fourth-order valence-electron chi connectivity index (χ4n) is 6.83. The van der Waals surface area contributed by atoms with Crippen LogP contribution in [0.5, 0.6) is 5.75 Å². The summed E-state index contributed by atoms with van der Waals surface area (Å²) < 4.78 is 24.1. The summed E-state index contributed by atoms with van der Waals surface area (Å²) in [6, 6.07) is 35.9. The highest BCUT2D eigenvalue weighted by molar-refractivity contribution is 8.00. The molecule has 0 spiro atoms. The number of fused-ring (bicyclic) bond motifs is 1. The molecule has 4 aromatic carbocycles. The Labute approximate surface area is 353 Å². The summed E-state index contributed by atoms with van der Waals surface area (Å²) in [6.45, 7) is -1.27. The van der Waals surface area contributed by atoms with Gasteiger partial charge >= 0.3 is 5.97 Å². The van der Waals surface area contributed by atoms with E-state index < -0.39 is 48.0 Å². The van der Waals surface area contributed by atoms with Gasteiger partial charge in [0.2, 0.25) is 0 Å². The topological polar surface area (TPSA) is 131 Å². The van der Waals surface area contributed by atoms with E-state index in [1.54, 1.807) is 48.9 Å². The number of aromatic nitrogens is 1. The molecule has 3 heterocycles. The van der Waals surface area contributed by atoms with E-state index in [2.05, 4.69) is 15.8 Å². The zero-order chi connectivity index (χ0) is 41.2. The highest BCUT2D eigenvalue weighted by atomic mass is 35.5. The number of oxime groups is 1. The monoisotopic (exact) mass is 851 g/mol. The van der Waals surface area contributed by atoms with E-state index in [1.165, 1.54) is 28.0 Å². The number of thioether (sulfide) groups is 1. The number of hydrogen-bond donors (Lipinski definition) is 2. The standard InChI is InChI=1S/C44H39ClFN5O6S2/c1-55-34-21-19-29(20-22-34)26-56-42(54)38-30(12-11-23-45)27-58-41-37(40(53)51(38)41)48-39(52)36(50-57-25-24-46)35-28-59-43(47-35)49-44(31-13-5-2-6-14-31,32-15-7-3-8-16-32)33-17-9-4-10-18-33/h2-22,28,37,41H,23-27H2,1H3,(H,47,49)(H,48,52)/b12-11-,50-36+/t37-,41-/m1/s1. The van der Waals surface area contributed by atoms with Crippen LogP contribution in [0.3, 0.4) is 0 Å². The number of anilines is 1. The van der Waals surface area contributed by atoms with Gasteiger partial charge in [-0.2, -0.15) is 0 Å². The molecule has 0 aliphatic carbocycles. The first-order valence-corrected chi connectivity index (χ1v) is 21.0. The van der Waals surface area contributed by atoms with Gasteiger partial charge < -0.3 is 24.9 Å². The average molecular weight is 852 g/mol. The Bertz CT molecular complexity index is 2250. The number of allylic oxidation sites excluding steroid dienone is 2. The molecule has 2 N–H and O–H groups in total. The molecule has 1 aromatic heterocycles. The predicted octanol–water partition coefficient (Wildman–Crippen LogP) is 7.44. The summed E-state index contributed by atoms with van der Waals surface area (Å²) >= 11 is 8.54. The molecule has 302 valence electrons. The van der Waals surface area contributed by atoms with E-state index in [4.69, 9.17) is 30.9 Å². The van der Waals surface area contributed by atoms with Gasteiger partial charge in [-0.05, 0) is 40.0 Å². The van der Waals surface area contributed by atoms with Crippen LogP contribution in [0.4, 0.5) is 9.52 Å². The number of alkyl halides is 2. The minimum Gasteiger partial charge on any atom is -0.497 e. The molecule has 59 heavy (non-hydrogen) atoms. The molecule has 2 amide bonds. The predicted molar refractivity (Wildman–Crippen MR) is 228 cm³/mol. The van der Waals surface area contributed by atoms with Gasteiger partial charge in [0, 0.05) is 17.0 Å². The number of nitrogens with one attached hydrogen (secondary N) is 2. The molecule has 0 bridgehead atoms. The van der Waals surface area contributed by atoms with Crippen molar-refractivity contribution in [2.45, 2.75) is 23.6 Å². The molecule has 5 aromatic rings. The number of halogens is 2. The van der Waals surface area contributed by atoms with Crippen LogP contribution < -0.4 is 15.4 Å². The minimum atomic E-state index is -1.03. The van der Waals surface area contributed by atoms with E-state index >= 15 is 0 Å².